The number of hydrogen-bond donors (Lipinski definition) is 0. The number of ether oxygens (including phenoxy) is 1. The molecule has 62 valence electrons. The van der Waals surface area contributed by atoms with E-state index >= 15 is 0 Å². The minimum absolute atomic E-state index is 0.0862. The van der Waals surface area contributed by atoms with Crippen LogP contribution in [0.5, 0.6) is 0 Å². The van der Waals surface area contributed by atoms with E-state index in [9.17, 15) is 4.79 Å². The van der Waals surface area contributed by atoms with Gasteiger partial charge in [0, 0.05) is 6.42 Å². The van der Waals surface area contributed by atoms with Crippen molar-refractivity contribution in [2.75, 3.05) is 0 Å². The van der Waals surface area contributed by atoms with Gasteiger partial charge in [-0.1, -0.05) is 6.92 Å². The molecule has 1 aliphatic carbocycles. The molecule has 0 aromatic rings. The quantitative estimate of drug-likeness (QED) is 0.538. The molecule has 1 aliphatic heterocycles. The second-order valence-electron chi connectivity index (χ2n) is 3.79. The van der Waals surface area contributed by atoms with E-state index in [-0.39, 0.29) is 11.2 Å². The van der Waals surface area contributed by atoms with E-state index in [0.29, 0.717) is 5.78 Å². The lowest BCUT2D eigenvalue weighted by molar-refractivity contribution is -0.124. The predicted molar refractivity (Wildman–Crippen MR) is 41.4 cm³/mol. The van der Waals surface area contributed by atoms with E-state index < -0.39 is 0 Å². The molecule has 2 heteroatoms. The summed E-state index contributed by atoms with van der Waals surface area (Å²) < 4.78 is 5.56. The Morgan fingerprint density at radius 3 is 2.82 bits per heavy atom. The highest BCUT2D eigenvalue weighted by molar-refractivity contribution is 5.92. The lowest BCUT2D eigenvalue weighted by Crippen LogP contribution is -2.35. The summed E-state index contributed by atoms with van der Waals surface area (Å²) in [6.45, 7) is 4.10. The molecule has 2 unspecified atom stereocenters. The fourth-order valence-electron chi connectivity index (χ4n) is 2.40. The zero-order valence-electron chi connectivity index (χ0n) is 7.14. The third-order valence-electron chi connectivity index (χ3n) is 3.22. The zero-order valence-corrected chi connectivity index (χ0v) is 7.14. The molecule has 0 amide bonds. The van der Waals surface area contributed by atoms with Gasteiger partial charge in [-0.05, 0) is 26.2 Å². The predicted octanol–water partition coefficient (Wildman–Crippen LogP) is 1.68. The summed E-state index contributed by atoms with van der Waals surface area (Å²) in [5.41, 5.74) is -0.442. The Bertz CT molecular complexity index is 212. The maximum Gasteiger partial charge on any atom is 0.167 e. The number of ketones is 1. The maximum atomic E-state index is 11.5. The average molecular weight is 154 g/mol. The lowest BCUT2D eigenvalue weighted by Gasteiger charge is -2.18. The first-order valence-corrected chi connectivity index (χ1v) is 4.38. The van der Waals surface area contributed by atoms with Crippen LogP contribution in [0.4, 0.5) is 0 Å². The minimum Gasteiger partial charge on any atom is -0.355 e. The minimum atomic E-state index is -0.356. The Labute approximate surface area is 66.9 Å². The number of fused-ring (bicyclic) bond motifs is 1. The van der Waals surface area contributed by atoms with Crippen molar-refractivity contribution >= 4 is 5.78 Å². The van der Waals surface area contributed by atoms with Gasteiger partial charge in [-0.3, -0.25) is 4.79 Å². The van der Waals surface area contributed by atoms with E-state index in [1.165, 1.54) is 0 Å². The Kier molecular flexibility index (Phi) is 1.23. The molecule has 1 heterocycles. The fraction of sp³-hybridized carbons (Fsp3) is 0.889. The molecular formula is C9H14O2. The zero-order chi connectivity index (χ0) is 8.11. The van der Waals surface area contributed by atoms with E-state index in [2.05, 4.69) is 6.92 Å². The smallest absolute Gasteiger partial charge is 0.167 e. The number of carbonyl (C=O) groups excluding carboxylic acids is 1. The second-order valence-corrected chi connectivity index (χ2v) is 3.79. The SMILES string of the molecule is CCC12OC1(C)CCCC2=O. The first kappa shape index (κ1) is 7.29. The monoisotopic (exact) mass is 154 g/mol. The van der Waals surface area contributed by atoms with Gasteiger partial charge in [-0.15, -0.1) is 0 Å². The van der Waals surface area contributed by atoms with Crippen LogP contribution in [-0.2, 0) is 9.53 Å². The average Bonchev–Trinajstić information content (AvgIpc) is 2.59. The highest BCUT2D eigenvalue weighted by Gasteiger charge is 2.70. The standard InChI is InChI=1S/C9H14O2/c1-3-9-7(10)5-4-6-8(9,2)11-9/h3-6H2,1-2H3. The van der Waals surface area contributed by atoms with Crippen molar-refractivity contribution < 1.29 is 9.53 Å². The van der Waals surface area contributed by atoms with Crippen molar-refractivity contribution in [2.45, 2.75) is 50.7 Å². The van der Waals surface area contributed by atoms with E-state index in [1.807, 2.05) is 6.92 Å². The van der Waals surface area contributed by atoms with Gasteiger partial charge in [0.25, 0.3) is 0 Å². The molecule has 1 saturated carbocycles. The molecule has 0 aromatic carbocycles. The highest BCUT2D eigenvalue weighted by atomic mass is 16.6. The van der Waals surface area contributed by atoms with Crippen LogP contribution in [0.15, 0.2) is 0 Å². The summed E-state index contributed by atoms with van der Waals surface area (Å²) in [5, 5.41) is 0. The molecule has 0 spiro atoms. The van der Waals surface area contributed by atoms with E-state index in [0.717, 1.165) is 25.7 Å². The molecule has 0 aromatic heterocycles. The lowest BCUT2D eigenvalue weighted by atomic mass is 9.78. The van der Waals surface area contributed by atoms with E-state index in [4.69, 9.17) is 4.74 Å². The Balaban J connectivity index is 2.27. The van der Waals surface area contributed by atoms with Crippen LogP contribution in [0, 0.1) is 0 Å². The highest BCUT2D eigenvalue weighted by Crippen LogP contribution is 2.57. The van der Waals surface area contributed by atoms with Crippen molar-refractivity contribution in [3.05, 3.63) is 0 Å². The van der Waals surface area contributed by atoms with Crippen LogP contribution in [-0.4, -0.2) is 17.0 Å². The number of hydrogen-bond acceptors (Lipinski definition) is 2. The number of epoxide rings is 1. The van der Waals surface area contributed by atoms with Gasteiger partial charge >= 0.3 is 0 Å². The van der Waals surface area contributed by atoms with Crippen LogP contribution in [0.1, 0.15) is 39.5 Å². The molecular weight excluding hydrogens is 140 g/mol. The molecule has 2 rings (SSSR count). The molecule has 2 nitrogen and oxygen atoms in total. The van der Waals surface area contributed by atoms with Crippen LogP contribution in [0.25, 0.3) is 0 Å². The van der Waals surface area contributed by atoms with Gasteiger partial charge in [0.1, 0.15) is 5.60 Å². The van der Waals surface area contributed by atoms with Crippen molar-refractivity contribution in [1.82, 2.24) is 0 Å². The summed E-state index contributed by atoms with van der Waals surface area (Å²) >= 11 is 0. The molecule has 0 bridgehead atoms. The fourth-order valence-corrected chi connectivity index (χ4v) is 2.40. The van der Waals surface area contributed by atoms with Crippen LogP contribution in [0.2, 0.25) is 0 Å². The Morgan fingerprint density at radius 2 is 2.36 bits per heavy atom. The summed E-state index contributed by atoms with van der Waals surface area (Å²) in [6, 6.07) is 0. The van der Waals surface area contributed by atoms with Gasteiger partial charge < -0.3 is 4.74 Å². The van der Waals surface area contributed by atoms with Crippen molar-refractivity contribution in [1.29, 1.82) is 0 Å². The van der Waals surface area contributed by atoms with Gasteiger partial charge in [-0.2, -0.15) is 0 Å². The van der Waals surface area contributed by atoms with Crippen molar-refractivity contribution in [2.24, 2.45) is 0 Å². The molecule has 1 saturated heterocycles. The van der Waals surface area contributed by atoms with Gasteiger partial charge in [0.15, 0.2) is 11.4 Å². The number of carbonyl (C=O) groups is 1. The Morgan fingerprint density at radius 1 is 1.64 bits per heavy atom. The maximum absolute atomic E-state index is 11.5. The third-order valence-corrected chi connectivity index (χ3v) is 3.22. The van der Waals surface area contributed by atoms with Crippen LogP contribution in [0.3, 0.4) is 0 Å². The number of Topliss-reactive ketones (excluding diaryl/α,β-unsaturated/α-hetero) is 1. The Hall–Kier alpha value is -0.370. The normalized spacial score (nSPS) is 48.7. The summed E-state index contributed by atoms with van der Waals surface area (Å²) in [7, 11) is 0. The summed E-state index contributed by atoms with van der Waals surface area (Å²) in [6.07, 6.45) is 3.65. The van der Waals surface area contributed by atoms with Crippen LogP contribution >= 0.6 is 0 Å². The summed E-state index contributed by atoms with van der Waals surface area (Å²) in [5.74, 6) is 0.328. The molecule has 2 aliphatic rings. The van der Waals surface area contributed by atoms with E-state index in [1.54, 1.807) is 0 Å². The number of rotatable bonds is 1. The first-order valence-electron chi connectivity index (χ1n) is 4.38. The van der Waals surface area contributed by atoms with Gasteiger partial charge in [0.05, 0.1) is 0 Å². The molecule has 0 radical (unpaired) electrons. The molecule has 0 N–H and O–H groups in total. The topological polar surface area (TPSA) is 29.6 Å². The van der Waals surface area contributed by atoms with Crippen molar-refractivity contribution in [3.63, 3.8) is 0 Å². The molecule has 2 atom stereocenters. The van der Waals surface area contributed by atoms with Crippen molar-refractivity contribution in [3.8, 4) is 0 Å². The van der Waals surface area contributed by atoms with Gasteiger partial charge in [0.2, 0.25) is 0 Å². The van der Waals surface area contributed by atoms with Crippen LogP contribution < -0.4 is 0 Å². The summed E-state index contributed by atoms with van der Waals surface area (Å²) in [4.78, 5) is 11.5. The largest absolute Gasteiger partial charge is 0.355 e. The third kappa shape index (κ3) is 0.684. The first-order chi connectivity index (χ1) is 5.15. The van der Waals surface area contributed by atoms with Gasteiger partial charge in [-0.25, -0.2) is 0 Å². The molecule has 11 heavy (non-hydrogen) atoms. The second kappa shape index (κ2) is 1.86. The molecule has 2 fully saturated rings.